The summed E-state index contributed by atoms with van der Waals surface area (Å²) in [6, 6.07) is 7.62. The summed E-state index contributed by atoms with van der Waals surface area (Å²) in [6.07, 6.45) is 1.23. The van der Waals surface area contributed by atoms with E-state index in [1.807, 2.05) is 24.3 Å². The van der Waals surface area contributed by atoms with Crippen molar-refractivity contribution in [3.8, 4) is 0 Å². The van der Waals surface area contributed by atoms with E-state index >= 15 is 0 Å². The van der Waals surface area contributed by atoms with Crippen molar-refractivity contribution < 1.29 is 10.2 Å². The Kier molecular flexibility index (Phi) is 5.56. The first kappa shape index (κ1) is 12.9. The molecular formula is C12H17IO2. The van der Waals surface area contributed by atoms with E-state index in [0.29, 0.717) is 6.42 Å². The van der Waals surface area contributed by atoms with Crippen LogP contribution in [0.3, 0.4) is 0 Å². The number of hydrogen-bond acceptors (Lipinski definition) is 2. The number of halogens is 1. The fraction of sp³-hybridized carbons (Fsp3) is 0.500. The zero-order valence-corrected chi connectivity index (χ0v) is 11.0. The molecule has 0 aliphatic carbocycles. The monoisotopic (exact) mass is 320 g/mol. The minimum Gasteiger partial charge on any atom is -0.390 e. The van der Waals surface area contributed by atoms with Gasteiger partial charge in [0.25, 0.3) is 0 Å². The van der Waals surface area contributed by atoms with Crippen LogP contribution in [-0.4, -0.2) is 16.3 Å². The molecule has 0 fully saturated rings. The van der Waals surface area contributed by atoms with Crippen LogP contribution in [0.5, 0.6) is 0 Å². The molecule has 0 aliphatic rings. The van der Waals surface area contributed by atoms with Gasteiger partial charge in [-0.1, -0.05) is 31.9 Å². The van der Waals surface area contributed by atoms with Crippen LogP contribution in [0.1, 0.15) is 37.9 Å². The molecule has 3 heteroatoms. The van der Waals surface area contributed by atoms with E-state index < -0.39 is 12.2 Å². The van der Waals surface area contributed by atoms with Crippen molar-refractivity contribution in [1.82, 2.24) is 0 Å². The zero-order valence-electron chi connectivity index (χ0n) is 8.86. The van der Waals surface area contributed by atoms with Crippen LogP contribution >= 0.6 is 22.6 Å². The van der Waals surface area contributed by atoms with Gasteiger partial charge in [0.2, 0.25) is 0 Å². The molecule has 0 spiro atoms. The third-order valence-electron chi connectivity index (χ3n) is 2.41. The zero-order chi connectivity index (χ0) is 11.3. The highest BCUT2D eigenvalue weighted by Crippen LogP contribution is 2.21. The number of aliphatic hydroxyl groups is 2. The molecule has 84 valence electrons. The predicted molar refractivity (Wildman–Crippen MR) is 69.7 cm³/mol. The number of aliphatic hydroxyl groups excluding tert-OH is 2. The van der Waals surface area contributed by atoms with Crippen molar-refractivity contribution in [3.05, 3.63) is 33.4 Å². The molecular weight excluding hydrogens is 303 g/mol. The predicted octanol–water partition coefficient (Wildman–Crippen LogP) is 2.88. The van der Waals surface area contributed by atoms with E-state index in [1.54, 1.807) is 0 Å². The Hall–Kier alpha value is -0.130. The van der Waals surface area contributed by atoms with Gasteiger partial charge < -0.3 is 10.2 Å². The van der Waals surface area contributed by atoms with Gasteiger partial charge >= 0.3 is 0 Å². The van der Waals surface area contributed by atoms with E-state index in [4.69, 9.17) is 0 Å². The Morgan fingerprint density at radius 2 is 2.07 bits per heavy atom. The summed E-state index contributed by atoms with van der Waals surface area (Å²) in [7, 11) is 0. The van der Waals surface area contributed by atoms with Crippen LogP contribution in [0.4, 0.5) is 0 Å². The van der Waals surface area contributed by atoms with Crippen molar-refractivity contribution in [2.45, 2.75) is 38.4 Å². The number of benzene rings is 1. The third-order valence-corrected chi connectivity index (χ3v) is 3.08. The average Bonchev–Trinajstić information content (AvgIpc) is 2.24. The fourth-order valence-electron chi connectivity index (χ4n) is 1.48. The van der Waals surface area contributed by atoms with Gasteiger partial charge in [-0.05, 0) is 46.7 Å². The molecule has 2 N–H and O–H groups in total. The van der Waals surface area contributed by atoms with E-state index in [1.165, 1.54) is 0 Å². The fourth-order valence-corrected chi connectivity index (χ4v) is 2.05. The van der Waals surface area contributed by atoms with E-state index in [-0.39, 0.29) is 0 Å². The number of hydrogen-bond donors (Lipinski definition) is 2. The Bertz CT molecular complexity index is 301. The first-order valence-electron chi connectivity index (χ1n) is 5.26. The van der Waals surface area contributed by atoms with Gasteiger partial charge in [0.15, 0.2) is 0 Å². The molecule has 0 radical (unpaired) electrons. The number of rotatable bonds is 5. The highest BCUT2D eigenvalue weighted by Gasteiger charge is 2.17. The minimum atomic E-state index is -0.758. The van der Waals surface area contributed by atoms with Gasteiger partial charge in [-0.3, -0.25) is 0 Å². The summed E-state index contributed by atoms with van der Waals surface area (Å²) < 4.78 is 1.08. The van der Waals surface area contributed by atoms with Gasteiger partial charge in [-0.2, -0.15) is 0 Å². The maximum Gasteiger partial charge on any atom is 0.105 e. The third kappa shape index (κ3) is 4.09. The van der Waals surface area contributed by atoms with Crippen LogP contribution in [0.15, 0.2) is 24.3 Å². The van der Waals surface area contributed by atoms with Gasteiger partial charge in [-0.15, -0.1) is 0 Å². The highest BCUT2D eigenvalue weighted by atomic mass is 127. The summed E-state index contributed by atoms with van der Waals surface area (Å²) in [5, 5.41) is 19.6. The van der Waals surface area contributed by atoms with Gasteiger partial charge in [0, 0.05) is 3.57 Å². The van der Waals surface area contributed by atoms with Crippen LogP contribution in [-0.2, 0) is 0 Å². The maximum atomic E-state index is 9.89. The molecule has 2 atom stereocenters. The first-order chi connectivity index (χ1) is 7.15. The topological polar surface area (TPSA) is 40.5 Å². The normalized spacial score (nSPS) is 14.9. The lowest BCUT2D eigenvalue weighted by atomic mass is 10.0. The molecule has 2 nitrogen and oxygen atoms in total. The SMILES string of the molecule is CCCCC(O)[C@H](O)c1cccc(I)c1. The first-order valence-corrected chi connectivity index (χ1v) is 6.34. The summed E-state index contributed by atoms with van der Waals surface area (Å²) >= 11 is 2.20. The second-order valence-corrected chi connectivity index (χ2v) is 4.96. The molecule has 0 heterocycles. The summed E-state index contributed by atoms with van der Waals surface area (Å²) in [5.41, 5.74) is 0.797. The molecule has 0 bridgehead atoms. The molecule has 0 saturated heterocycles. The van der Waals surface area contributed by atoms with Crippen LogP contribution in [0.25, 0.3) is 0 Å². The molecule has 0 aromatic heterocycles. The Morgan fingerprint density at radius 1 is 1.33 bits per heavy atom. The maximum absolute atomic E-state index is 9.89. The summed E-state index contributed by atoms with van der Waals surface area (Å²) in [4.78, 5) is 0. The number of unbranched alkanes of at least 4 members (excludes halogenated alkanes) is 1. The molecule has 0 saturated carbocycles. The summed E-state index contributed by atoms with van der Waals surface area (Å²) in [5.74, 6) is 0. The smallest absolute Gasteiger partial charge is 0.105 e. The molecule has 0 aliphatic heterocycles. The van der Waals surface area contributed by atoms with Gasteiger partial charge in [-0.25, -0.2) is 0 Å². The van der Waals surface area contributed by atoms with Crippen molar-refractivity contribution in [2.75, 3.05) is 0 Å². The van der Waals surface area contributed by atoms with E-state index in [0.717, 1.165) is 22.0 Å². The highest BCUT2D eigenvalue weighted by molar-refractivity contribution is 14.1. The molecule has 1 aromatic rings. The van der Waals surface area contributed by atoms with Crippen LogP contribution in [0.2, 0.25) is 0 Å². The van der Waals surface area contributed by atoms with Crippen molar-refractivity contribution >= 4 is 22.6 Å². The van der Waals surface area contributed by atoms with Crippen LogP contribution in [0, 0.1) is 3.57 Å². The minimum absolute atomic E-state index is 0.650. The lowest BCUT2D eigenvalue weighted by Crippen LogP contribution is -2.18. The lowest BCUT2D eigenvalue weighted by Gasteiger charge is -2.18. The van der Waals surface area contributed by atoms with Crippen molar-refractivity contribution in [1.29, 1.82) is 0 Å². The molecule has 0 amide bonds. The molecule has 15 heavy (non-hydrogen) atoms. The second kappa shape index (κ2) is 6.45. The van der Waals surface area contributed by atoms with E-state index in [2.05, 4.69) is 29.5 Å². The Balaban J connectivity index is 2.62. The quantitative estimate of drug-likeness (QED) is 0.819. The average molecular weight is 320 g/mol. The largest absolute Gasteiger partial charge is 0.390 e. The van der Waals surface area contributed by atoms with Crippen LogP contribution < -0.4 is 0 Å². The van der Waals surface area contributed by atoms with Crippen molar-refractivity contribution in [2.24, 2.45) is 0 Å². The molecule has 1 unspecified atom stereocenters. The Morgan fingerprint density at radius 3 is 2.67 bits per heavy atom. The standard InChI is InChI=1S/C12H17IO2/c1-2-3-7-11(14)12(15)9-5-4-6-10(13)8-9/h4-6,8,11-12,14-15H,2-3,7H2,1H3/t11?,12-/m1/s1. The van der Waals surface area contributed by atoms with Gasteiger partial charge in [0.1, 0.15) is 6.10 Å². The lowest BCUT2D eigenvalue weighted by molar-refractivity contribution is 0.0122. The Labute approximate surface area is 104 Å². The molecule has 1 rings (SSSR count). The van der Waals surface area contributed by atoms with Gasteiger partial charge in [0.05, 0.1) is 6.10 Å². The second-order valence-electron chi connectivity index (χ2n) is 3.71. The summed E-state index contributed by atoms with van der Waals surface area (Å²) in [6.45, 7) is 2.07. The molecule has 1 aromatic carbocycles. The van der Waals surface area contributed by atoms with Crippen molar-refractivity contribution in [3.63, 3.8) is 0 Å². The van der Waals surface area contributed by atoms with E-state index in [9.17, 15) is 10.2 Å².